The molecule has 7 nitrogen and oxygen atoms in total. The third-order valence-corrected chi connectivity index (χ3v) is 5.28. The Labute approximate surface area is 196 Å². The number of nitrogens with one attached hydrogen (secondary N) is 3. The molecule has 166 valence electrons. The van der Waals surface area contributed by atoms with E-state index in [0.29, 0.717) is 16.4 Å². The Morgan fingerprint density at radius 3 is 2.48 bits per heavy atom. The summed E-state index contributed by atoms with van der Waals surface area (Å²) in [5.74, 6) is -0.169. The van der Waals surface area contributed by atoms with Gasteiger partial charge >= 0.3 is 6.03 Å². The molecule has 0 aliphatic carbocycles. The van der Waals surface area contributed by atoms with E-state index in [9.17, 15) is 9.59 Å². The van der Waals surface area contributed by atoms with Crippen LogP contribution in [0.4, 0.5) is 16.2 Å². The number of aromatic nitrogens is 1. The molecule has 4 aromatic rings. The summed E-state index contributed by atoms with van der Waals surface area (Å²) in [6.45, 7) is 2.04. The number of para-hydroxylation sites is 2. The minimum absolute atomic E-state index is 0.123. The average molecular weight is 460 g/mol. The van der Waals surface area contributed by atoms with Gasteiger partial charge in [0, 0.05) is 39.1 Å². The van der Waals surface area contributed by atoms with Crippen molar-refractivity contribution >= 4 is 52.0 Å². The Morgan fingerprint density at radius 2 is 1.70 bits per heavy atom. The number of halogens is 1. The van der Waals surface area contributed by atoms with Crippen molar-refractivity contribution in [1.29, 1.82) is 0 Å². The smallest absolute Gasteiger partial charge is 0.337 e. The summed E-state index contributed by atoms with van der Waals surface area (Å²) in [5, 5.41) is 11.2. The highest BCUT2D eigenvalue weighted by Crippen LogP contribution is 2.20. The number of carbonyl (C=O) groups excluding carboxylic acids is 2. The zero-order valence-electron chi connectivity index (χ0n) is 17.9. The maximum atomic E-state index is 12.6. The average Bonchev–Trinajstić information content (AvgIpc) is 3.14. The van der Waals surface area contributed by atoms with Crippen LogP contribution in [0, 0.1) is 6.92 Å². The van der Waals surface area contributed by atoms with E-state index in [2.05, 4.69) is 21.2 Å². The van der Waals surface area contributed by atoms with Crippen molar-refractivity contribution in [1.82, 2.24) is 9.99 Å². The number of rotatable bonds is 6. The molecule has 0 unspecified atom stereocenters. The molecule has 8 heteroatoms. The van der Waals surface area contributed by atoms with Crippen LogP contribution in [0.15, 0.2) is 84.1 Å². The molecule has 3 N–H and O–H groups in total. The predicted octanol–water partition coefficient (Wildman–Crippen LogP) is 5.40. The zero-order chi connectivity index (χ0) is 23.2. The SMILES string of the molecule is Cc1ccccc1NC(=O)NN=Cc1cn(CC(=O)Nc2ccc(Cl)cc2)c2ccccc12. The molecule has 0 saturated carbocycles. The highest BCUT2D eigenvalue weighted by atomic mass is 35.5. The number of fused-ring (bicyclic) bond motifs is 1. The Hall–Kier alpha value is -4.10. The van der Waals surface area contributed by atoms with Gasteiger partial charge in [-0.3, -0.25) is 4.79 Å². The lowest BCUT2D eigenvalue weighted by Gasteiger charge is -2.07. The number of hydrogen-bond donors (Lipinski definition) is 3. The van der Waals surface area contributed by atoms with E-state index < -0.39 is 6.03 Å². The molecule has 0 aliphatic rings. The first-order valence-corrected chi connectivity index (χ1v) is 10.7. The topological polar surface area (TPSA) is 87.5 Å². The quantitative estimate of drug-likeness (QED) is 0.266. The monoisotopic (exact) mass is 459 g/mol. The van der Waals surface area contributed by atoms with Crippen molar-refractivity contribution < 1.29 is 9.59 Å². The highest BCUT2D eigenvalue weighted by Gasteiger charge is 2.11. The number of carbonyl (C=O) groups is 2. The van der Waals surface area contributed by atoms with Crippen molar-refractivity contribution in [2.24, 2.45) is 5.10 Å². The summed E-state index contributed by atoms with van der Waals surface area (Å²) in [5.41, 5.74) is 6.49. The van der Waals surface area contributed by atoms with E-state index in [1.807, 2.05) is 66.2 Å². The van der Waals surface area contributed by atoms with Crippen LogP contribution in [0.25, 0.3) is 10.9 Å². The lowest BCUT2D eigenvalue weighted by atomic mass is 10.2. The van der Waals surface area contributed by atoms with E-state index >= 15 is 0 Å². The van der Waals surface area contributed by atoms with Crippen molar-refractivity contribution in [2.75, 3.05) is 10.6 Å². The molecule has 1 heterocycles. The van der Waals surface area contributed by atoms with Crippen LogP contribution in [0.5, 0.6) is 0 Å². The van der Waals surface area contributed by atoms with Crippen LogP contribution in [0.3, 0.4) is 0 Å². The van der Waals surface area contributed by atoms with Crippen molar-refractivity contribution in [3.05, 3.63) is 95.1 Å². The summed E-state index contributed by atoms with van der Waals surface area (Å²) in [6, 6.07) is 21.7. The number of anilines is 2. The van der Waals surface area contributed by atoms with Gasteiger partial charge in [-0.15, -0.1) is 0 Å². The Bertz CT molecular complexity index is 1330. The van der Waals surface area contributed by atoms with Crippen LogP contribution in [-0.4, -0.2) is 22.7 Å². The van der Waals surface area contributed by atoms with Crippen molar-refractivity contribution in [3.63, 3.8) is 0 Å². The summed E-state index contributed by atoms with van der Waals surface area (Å²) >= 11 is 5.90. The highest BCUT2D eigenvalue weighted by molar-refractivity contribution is 6.30. The second-order valence-electron chi connectivity index (χ2n) is 7.42. The summed E-state index contributed by atoms with van der Waals surface area (Å²) in [6.07, 6.45) is 3.39. The Morgan fingerprint density at radius 1 is 0.970 bits per heavy atom. The van der Waals surface area contributed by atoms with Crippen LogP contribution in [0.1, 0.15) is 11.1 Å². The van der Waals surface area contributed by atoms with Gasteiger partial charge in [0.05, 0.1) is 6.21 Å². The Balaban J connectivity index is 1.45. The van der Waals surface area contributed by atoms with Gasteiger partial charge in [-0.2, -0.15) is 5.10 Å². The van der Waals surface area contributed by atoms with Gasteiger partial charge in [-0.25, -0.2) is 10.2 Å². The minimum Gasteiger partial charge on any atom is -0.337 e. The fourth-order valence-corrected chi connectivity index (χ4v) is 3.55. The molecule has 4 rings (SSSR count). The Kier molecular flexibility index (Phi) is 6.71. The molecule has 3 aromatic carbocycles. The maximum absolute atomic E-state index is 12.6. The van der Waals surface area contributed by atoms with E-state index in [0.717, 1.165) is 22.0 Å². The summed E-state index contributed by atoms with van der Waals surface area (Å²) in [7, 11) is 0. The molecular weight excluding hydrogens is 438 g/mol. The van der Waals surface area contributed by atoms with Gasteiger partial charge in [0.15, 0.2) is 0 Å². The predicted molar refractivity (Wildman–Crippen MR) is 133 cm³/mol. The second-order valence-corrected chi connectivity index (χ2v) is 7.86. The third kappa shape index (κ3) is 5.58. The minimum atomic E-state index is -0.438. The largest absolute Gasteiger partial charge is 0.339 e. The molecule has 0 spiro atoms. The maximum Gasteiger partial charge on any atom is 0.339 e. The second kappa shape index (κ2) is 10.0. The number of amides is 3. The molecule has 3 amide bonds. The lowest BCUT2D eigenvalue weighted by Crippen LogP contribution is -2.24. The molecule has 0 bridgehead atoms. The molecule has 1 aromatic heterocycles. The number of aryl methyl sites for hydroxylation is 1. The van der Waals surface area contributed by atoms with Gasteiger partial charge in [0.2, 0.25) is 5.91 Å². The summed E-state index contributed by atoms with van der Waals surface area (Å²) in [4.78, 5) is 24.7. The fourth-order valence-electron chi connectivity index (χ4n) is 3.42. The molecular formula is C25H22ClN5O2. The van der Waals surface area contributed by atoms with Crippen molar-refractivity contribution in [3.8, 4) is 0 Å². The summed E-state index contributed by atoms with van der Waals surface area (Å²) < 4.78 is 1.84. The van der Waals surface area contributed by atoms with Gasteiger partial charge in [-0.1, -0.05) is 48.0 Å². The molecule has 0 aliphatic heterocycles. The fraction of sp³-hybridized carbons (Fsp3) is 0.0800. The van der Waals surface area contributed by atoms with Crippen molar-refractivity contribution in [2.45, 2.75) is 13.5 Å². The van der Waals surface area contributed by atoms with Gasteiger partial charge in [0.25, 0.3) is 0 Å². The van der Waals surface area contributed by atoms with Gasteiger partial charge < -0.3 is 15.2 Å². The number of urea groups is 1. The normalized spacial score (nSPS) is 11.0. The van der Waals surface area contributed by atoms with E-state index in [4.69, 9.17) is 11.6 Å². The zero-order valence-corrected chi connectivity index (χ0v) is 18.6. The third-order valence-electron chi connectivity index (χ3n) is 5.02. The first-order chi connectivity index (χ1) is 16.0. The van der Waals surface area contributed by atoms with Crippen LogP contribution >= 0.6 is 11.6 Å². The van der Waals surface area contributed by atoms with Crippen LogP contribution in [0.2, 0.25) is 5.02 Å². The lowest BCUT2D eigenvalue weighted by molar-refractivity contribution is -0.116. The van der Waals surface area contributed by atoms with Crippen LogP contribution in [-0.2, 0) is 11.3 Å². The molecule has 33 heavy (non-hydrogen) atoms. The van der Waals surface area contributed by atoms with E-state index in [-0.39, 0.29) is 12.5 Å². The first kappa shape index (κ1) is 22.1. The number of hydrogen-bond acceptors (Lipinski definition) is 3. The van der Waals surface area contributed by atoms with Gasteiger partial charge in [0.1, 0.15) is 6.54 Å². The molecule has 0 radical (unpaired) electrons. The van der Waals surface area contributed by atoms with Gasteiger partial charge in [-0.05, 0) is 48.9 Å². The number of hydrazone groups is 1. The number of nitrogens with zero attached hydrogens (tertiary/aromatic N) is 2. The van der Waals surface area contributed by atoms with E-state index in [1.165, 1.54) is 0 Å². The first-order valence-electron chi connectivity index (χ1n) is 10.3. The molecule has 0 fully saturated rings. The standard InChI is InChI=1S/C25H22ClN5O2/c1-17-6-2-4-8-22(17)29-25(33)30-27-14-18-15-31(23-9-5-3-7-21(18)23)16-24(32)28-20-12-10-19(26)11-13-20/h2-15H,16H2,1H3,(H,28,32)(H2,29,30,33). The van der Waals surface area contributed by atoms with Crippen LogP contribution < -0.4 is 16.1 Å². The molecule has 0 saturated heterocycles. The molecule has 0 atom stereocenters. The number of benzene rings is 3. The van der Waals surface area contributed by atoms with E-state index in [1.54, 1.807) is 30.5 Å².